The molecular weight excluding hydrogens is 188 g/mol. The van der Waals surface area contributed by atoms with Crippen molar-refractivity contribution in [1.82, 2.24) is 0 Å². The van der Waals surface area contributed by atoms with Gasteiger partial charge >= 0.3 is 0 Å². The minimum Gasteiger partial charge on any atom is -0.380 e. The van der Waals surface area contributed by atoms with Crippen LogP contribution in [0.15, 0.2) is 24.3 Å². The van der Waals surface area contributed by atoms with Crippen molar-refractivity contribution in [2.24, 2.45) is 0 Å². The second kappa shape index (κ2) is 5.38. The molecular formula is C12H16N2O. The molecule has 2 atom stereocenters. The van der Waals surface area contributed by atoms with Gasteiger partial charge in [-0.15, -0.1) is 0 Å². The highest BCUT2D eigenvalue weighted by molar-refractivity contribution is 5.47. The molecule has 1 N–H and O–H groups in total. The molecule has 15 heavy (non-hydrogen) atoms. The van der Waals surface area contributed by atoms with E-state index in [9.17, 15) is 0 Å². The third-order valence-electron chi connectivity index (χ3n) is 2.48. The fourth-order valence-electron chi connectivity index (χ4n) is 1.23. The van der Waals surface area contributed by atoms with Gasteiger partial charge < -0.3 is 10.1 Å². The molecule has 0 saturated heterocycles. The van der Waals surface area contributed by atoms with Crippen LogP contribution in [0.25, 0.3) is 0 Å². The van der Waals surface area contributed by atoms with Crippen molar-refractivity contribution in [3.8, 4) is 6.07 Å². The summed E-state index contributed by atoms with van der Waals surface area (Å²) >= 11 is 0. The Labute approximate surface area is 90.7 Å². The first-order valence-electron chi connectivity index (χ1n) is 4.97. The van der Waals surface area contributed by atoms with Gasteiger partial charge in [-0.1, -0.05) is 0 Å². The molecule has 0 aliphatic heterocycles. The summed E-state index contributed by atoms with van der Waals surface area (Å²) in [6.45, 7) is 4.08. The van der Waals surface area contributed by atoms with Gasteiger partial charge in [0.15, 0.2) is 0 Å². The number of methoxy groups -OCH3 is 1. The summed E-state index contributed by atoms with van der Waals surface area (Å²) in [5.41, 5.74) is 1.68. The third kappa shape index (κ3) is 3.26. The Bertz CT molecular complexity index is 340. The zero-order valence-electron chi connectivity index (χ0n) is 9.32. The van der Waals surface area contributed by atoms with E-state index in [-0.39, 0.29) is 12.1 Å². The highest BCUT2D eigenvalue weighted by atomic mass is 16.5. The van der Waals surface area contributed by atoms with Gasteiger partial charge in [0.25, 0.3) is 0 Å². The Morgan fingerprint density at radius 2 is 1.87 bits per heavy atom. The first kappa shape index (κ1) is 11.5. The van der Waals surface area contributed by atoms with Gasteiger partial charge in [0, 0.05) is 18.8 Å². The normalized spacial score (nSPS) is 14.0. The van der Waals surface area contributed by atoms with Crippen molar-refractivity contribution in [3.63, 3.8) is 0 Å². The van der Waals surface area contributed by atoms with Crippen LogP contribution in [0.1, 0.15) is 19.4 Å². The largest absolute Gasteiger partial charge is 0.380 e. The van der Waals surface area contributed by atoms with Gasteiger partial charge in [-0.2, -0.15) is 5.26 Å². The molecule has 0 spiro atoms. The lowest BCUT2D eigenvalue weighted by atomic mass is 10.1. The number of nitrogens with one attached hydrogen (secondary N) is 1. The predicted molar refractivity (Wildman–Crippen MR) is 60.7 cm³/mol. The maximum absolute atomic E-state index is 8.65. The molecule has 0 heterocycles. The lowest BCUT2D eigenvalue weighted by Crippen LogP contribution is -2.29. The molecule has 1 aromatic carbocycles. The number of nitriles is 1. The first-order valence-corrected chi connectivity index (χ1v) is 4.97. The van der Waals surface area contributed by atoms with E-state index < -0.39 is 0 Å². The number of benzene rings is 1. The van der Waals surface area contributed by atoms with E-state index in [2.05, 4.69) is 18.3 Å². The van der Waals surface area contributed by atoms with Crippen LogP contribution in [0.4, 0.5) is 5.69 Å². The van der Waals surface area contributed by atoms with Crippen LogP contribution in [0.2, 0.25) is 0 Å². The summed E-state index contributed by atoms with van der Waals surface area (Å²) in [5.74, 6) is 0. The summed E-state index contributed by atoms with van der Waals surface area (Å²) in [5, 5.41) is 12.0. The molecule has 2 unspecified atom stereocenters. The van der Waals surface area contributed by atoms with Crippen LogP contribution in [-0.4, -0.2) is 19.3 Å². The topological polar surface area (TPSA) is 45.0 Å². The van der Waals surface area contributed by atoms with E-state index in [4.69, 9.17) is 10.00 Å². The van der Waals surface area contributed by atoms with Crippen molar-refractivity contribution < 1.29 is 4.74 Å². The van der Waals surface area contributed by atoms with Gasteiger partial charge in [0.2, 0.25) is 0 Å². The van der Waals surface area contributed by atoms with Gasteiger partial charge in [0.05, 0.1) is 17.7 Å². The molecule has 0 aliphatic rings. The number of hydrogen-bond donors (Lipinski definition) is 1. The molecule has 3 nitrogen and oxygen atoms in total. The lowest BCUT2D eigenvalue weighted by Gasteiger charge is -2.20. The average Bonchev–Trinajstić information content (AvgIpc) is 2.29. The molecule has 0 amide bonds. The maximum atomic E-state index is 8.65. The molecule has 1 rings (SSSR count). The number of ether oxygens (including phenoxy) is 1. The van der Waals surface area contributed by atoms with E-state index in [0.29, 0.717) is 5.56 Å². The Balaban J connectivity index is 2.61. The third-order valence-corrected chi connectivity index (χ3v) is 2.48. The zero-order valence-corrected chi connectivity index (χ0v) is 9.32. The van der Waals surface area contributed by atoms with E-state index >= 15 is 0 Å². The van der Waals surface area contributed by atoms with Crippen LogP contribution in [-0.2, 0) is 4.74 Å². The highest BCUT2D eigenvalue weighted by Gasteiger charge is 2.10. The minimum atomic E-state index is 0.153. The van der Waals surface area contributed by atoms with E-state index in [1.54, 1.807) is 19.2 Å². The van der Waals surface area contributed by atoms with Crippen LogP contribution >= 0.6 is 0 Å². The standard InChI is InChI=1S/C12H16N2O/c1-9(10(2)15-3)14-12-6-4-11(8-13)5-7-12/h4-7,9-10,14H,1-3H3. The molecule has 0 aromatic heterocycles. The van der Waals surface area contributed by atoms with E-state index in [1.807, 2.05) is 19.1 Å². The van der Waals surface area contributed by atoms with Gasteiger partial charge in [-0.05, 0) is 38.1 Å². The highest BCUT2D eigenvalue weighted by Crippen LogP contribution is 2.12. The number of hydrogen-bond acceptors (Lipinski definition) is 3. The van der Waals surface area contributed by atoms with Crippen molar-refractivity contribution >= 4 is 5.69 Å². The summed E-state index contributed by atoms with van der Waals surface area (Å²) in [4.78, 5) is 0. The van der Waals surface area contributed by atoms with Gasteiger partial charge in [-0.25, -0.2) is 0 Å². The number of anilines is 1. The maximum Gasteiger partial charge on any atom is 0.0991 e. The Kier molecular flexibility index (Phi) is 4.14. The Hall–Kier alpha value is -1.53. The molecule has 0 bridgehead atoms. The molecule has 1 aromatic rings. The zero-order chi connectivity index (χ0) is 11.3. The SMILES string of the molecule is COC(C)C(C)Nc1ccc(C#N)cc1. The fraction of sp³-hybridized carbons (Fsp3) is 0.417. The van der Waals surface area contributed by atoms with Crippen molar-refractivity contribution in [2.45, 2.75) is 26.0 Å². The van der Waals surface area contributed by atoms with Gasteiger partial charge in [-0.3, -0.25) is 0 Å². The van der Waals surface area contributed by atoms with Crippen molar-refractivity contribution in [1.29, 1.82) is 5.26 Å². The summed E-state index contributed by atoms with van der Waals surface area (Å²) in [6.07, 6.45) is 0.153. The second-order valence-corrected chi connectivity index (χ2v) is 3.56. The number of nitrogens with zero attached hydrogens (tertiary/aromatic N) is 1. The first-order chi connectivity index (χ1) is 7.17. The monoisotopic (exact) mass is 204 g/mol. The predicted octanol–water partition coefficient (Wildman–Crippen LogP) is 2.39. The fourth-order valence-corrected chi connectivity index (χ4v) is 1.23. The van der Waals surface area contributed by atoms with Crippen LogP contribution in [0.5, 0.6) is 0 Å². The smallest absolute Gasteiger partial charge is 0.0991 e. The van der Waals surface area contributed by atoms with E-state index in [0.717, 1.165) is 5.69 Å². The quantitative estimate of drug-likeness (QED) is 0.819. The Morgan fingerprint density at radius 3 is 2.33 bits per heavy atom. The average molecular weight is 204 g/mol. The molecule has 80 valence electrons. The molecule has 0 radical (unpaired) electrons. The lowest BCUT2D eigenvalue weighted by molar-refractivity contribution is 0.106. The number of rotatable bonds is 4. The van der Waals surface area contributed by atoms with Crippen LogP contribution in [0.3, 0.4) is 0 Å². The van der Waals surface area contributed by atoms with Crippen LogP contribution < -0.4 is 5.32 Å². The summed E-state index contributed by atoms with van der Waals surface area (Å²) < 4.78 is 5.21. The molecule has 3 heteroatoms. The summed E-state index contributed by atoms with van der Waals surface area (Å²) in [7, 11) is 1.70. The minimum absolute atomic E-state index is 0.153. The molecule has 0 aliphatic carbocycles. The van der Waals surface area contributed by atoms with Gasteiger partial charge in [0.1, 0.15) is 0 Å². The molecule has 0 saturated carbocycles. The summed E-state index contributed by atoms with van der Waals surface area (Å²) in [6, 6.07) is 9.72. The van der Waals surface area contributed by atoms with E-state index in [1.165, 1.54) is 0 Å². The molecule has 0 fully saturated rings. The second-order valence-electron chi connectivity index (χ2n) is 3.56. The van der Waals surface area contributed by atoms with Crippen molar-refractivity contribution in [2.75, 3.05) is 12.4 Å². The van der Waals surface area contributed by atoms with Crippen LogP contribution in [0, 0.1) is 11.3 Å². The van der Waals surface area contributed by atoms with Crippen molar-refractivity contribution in [3.05, 3.63) is 29.8 Å². The Morgan fingerprint density at radius 1 is 1.27 bits per heavy atom.